The molecule has 0 saturated carbocycles. The molecule has 0 atom stereocenters. The van der Waals surface area contributed by atoms with Gasteiger partial charge in [0.2, 0.25) is 0 Å². The first-order valence-electron chi connectivity index (χ1n) is 7.17. The van der Waals surface area contributed by atoms with E-state index in [-0.39, 0.29) is 5.97 Å². The quantitative estimate of drug-likeness (QED) is 0.503. The van der Waals surface area contributed by atoms with Crippen LogP contribution in [0, 0.1) is 6.92 Å². The molecular formula is C18H20N2O2. The lowest BCUT2D eigenvalue weighted by Crippen LogP contribution is -2.07. The monoisotopic (exact) mass is 296 g/mol. The van der Waals surface area contributed by atoms with Gasteiger partial charge < -0.3 is 15.8 Å². The van der Waals surface area contributed by atoms with E-state index in [9.17, 15) is 4.79 Å². The van der Waals surface area contributed by atoms with Crippen molar-refractivity contribution in [1.82, 2.24) is 0 Å². The topological polar surface area (TPSA) is 64.3 Å². The van der Waals surface area contributed by atoms with Crippen molar-refractivity contribution in [1.29, 1.82) is 0 Å². The highest BCUT2D eigenvalue weighted by atomic mass is 16.5. The molecule has 0 spiro atoms. The second-order valence-corrected chi connectivity index (χ2v) is 4.89. The zero-order valence-corrected chi connectivity index (χ0v) is 12.8. The van der Waals surface area contributed by atoms with Gasteiger partial charge in [0.25, 0.3) is 0 Å². The van der Waals surface area contributed by atoms with E-state index in [2.05, 4.69) is 5.32 Å². The molecule has 4 nitrogen and oxygen atoms in total. The van der Waals surface area contributed by atoms with Crippen LogP contribution in [0.4, 0.5) is 11.4 Å². The molecule has 0 fully saturated rings. The third kappa shape index (κ3) is 4.12. The van der Waals surface area contributed by atoms with Gasteiger partial charge >= 0.3 is 5.97 Å². The number of nitrogens with two attached hydrogens (primary N) is 1. The number of hydrogen-bond donors (Lipinski definition) is 2. The average molecular weight is 296 g/mol. The minimum Gasteiger partial charge on any atom is -0.463 e. The van der Waals surface area contributed by atoms with Crippen LogP contribution in [0.15, 0.2) is 54.6 Å². The van der Waals surface area contributed by atoms with Gasteiger partial charge in [-0.05, 0) is 37.1 Å². The van der Waals surface area contributed by atoms with E-state index in [4.69, 9.17) is 10.5 Å². The van der Waals surface area contributed by atoms with Gasteiger partial charge in [0.05, 0.1) is 23.7 Å². The van der Waals surface area contributed by atoms with Crippen LogP contribution in [0.2, 0.25) is 0 Å². The molecule has 0 amide bonds. The Hall–Kier alpha value is -2.75. The maximum absolute atomic E-state index is 11.8. The molecule has 0 heterocycles. The smallest absolute Gasteiger partial charge is 0.332 e. The summed E-state index contributed by atoms with van der Waals surface area (Å²) in [5, 5.41) is 3.22. The number of hydrogen-bond acceptors (Lipinski definition) is 4. The van der Waals surface area contributed by atoms with E-state index < -0.39 is 0 Å². The number of anilines is 2. The maximum atomic E-state index is 11.8. The van der Waals surface area contributed by atoms with Crippen LogP contribution < -0.4 is 11.1 Å². The van der Waals surface area contributed by atoms with E-state index in [1.54, 1.807) is 6.92 Å². The van der Waals surface area contributed by atoms with Crippen molar-refractivity contribution in [3.05, 3.63) is 65.7 Å². The molecule has 0 bridgehead atoms. The molecule has 114 valence electrons. The van der Waals surface area contributed by atoms with E-state index in [1.165, 1.54) is 6.08 Å². The summed E-state index contributed by atoms with van der Waals surface area (Å²) >= 11 is 0. The van der Waals surface area contributed by atoms with Crippen LogP contribution in [0.25, 0.3) is 5.70 Å². The average Bonchev–Trinajstić information content (AvgIpc) is 2.50. The van der Waals surface area contributed by atoms with Gasteiger partial charge in [-0.2, -0.15) is 0 Å². The molecule has 3 N–H and O–H groups in total. The lowest BCUT2D eigenvalue weighted by atomic mass is 10.1. The normalized spacial score (nSPS) is 11.1. The van der Waals surface area contributed by atoms with E-state index in [0.717, 1.165) is 16.8 Å². The highest BCUT2D eigenvalue weighted by Crippen LogP contribution is 2.24. The summed E-state index contributed by atoms with van der Waals surface area (Å²) in [7, 11) is 0. The Labute approximate surface area is 130 Å². The second kappa shape index (κ2) is 7.31. The molecule has 0 radical (unpaired) electrons. The molecule has 22 heavy (non-hydrogen) atoms. The predicted octanol–water partition coefficient (Wildman–Crippen LogP) is 3.59. The fourth-order valence-electron chi connectivity index (χ4n) is 2.05. The summed E-state index contributed by atoms with van der Waals surface area (Å²) in [5.41, 5.74) is 10.0. The molecule has 0 aromatic heterocycles. The highest BCUT2D eigenvalue weighted by molar-refractivity contribution is 5.95. The van der Waals surface area contributed by atoms with Crippen molar-refractivity contribution in [3.8, 4) is 0 Å². The highest BCUT2D eigenvalue weighted by Gasteiger charge is 2.08. The Bertz CT molecular complexity index is 679. The number of rotatable bonds is 5. The van der Waals surface area contributed by atoms with Crippen molar-refractivity contribution in [3.63, 3.8) is 0 Å². The SMILES string of the molecule is CCOC(=O)C=C(Nc1ccc(C)cc1N)c1ccccc1. The molecule has 0 unspecified atom stereocenters. The molecule has 2 aromatic rings. The second-order valence-electron chi connectivity index (χ2n) is 4.89. The number of aryl methyl sites for hydroxylation is 1. The Morgan fingerprint density at radius 3 is 2.59 bits per heavy atom. The fraction of sp³-hybridized carbons (Fsp3) is 0.167. The summed E-state index contributed by atoms with van der Waals surface area (Å²) in [6.07, 6.45) is 1.44. The number of ether oxygens (including phenoxy) is 1. The van der Waals surface area contributed by atoms with E-state index in [0.29, 0.717) is 18.0 Å². The number of carbonyl (C=O) groups is 1. The standard InChI is InChI=1S/C18H20N2O2/c1-3-22-18(21)12-17(14-7-5-4-6-8-14)20-16-10-9-13(2)11-15(16)19/h4-12,20H,3,19H2,1-2H3. The lowest BCUT2D eigenvalue weighted by Gasteiger charge is -2.14. The van der Waals surface area contributed by atoms with Crippen LogP contribution in [-0.4, -0.2) is 12.6 Å². The molecule has 0 aliphatic heterocycles. The van der Waals surface area contributed by atoms with Crippen LogP contribution in [0.5, 0.6) is 0 Å². The summed E-state index contributed by atoms with van der Waals surface area (Å²) in [6, 6.07) is 15.3. The summed E-state index contributed by atoms with van der Waals surface area (Å²) in [5.74, 6) is -0.389. The molecular weight excluding hydrogens is 276 g/mol. The first-order valence-corrected chi connectivity index (χ1v) is 7.17. The van der Waals surface area contributed by atoms with Crippen molar-refractivity contribution in [2.75, 3.05) is 17.7 Å². The van der Waals surface area contributed by atoms with Gasteiger partial charge in [-0.3, -0.25) is 0 Å². The fourth-order valence-corrected chi connectivity index (χ4v) is 2.05. The first-order chi connectivity index (χ1) is 10.6. The van der Waals surface area contributed by atoms with Crippen LogP contribution in [-0.2, 0) is 9.53 Å². The third-order valence-electron chi connectivity index (χ3n) is 3.11. The number of nitrogen functional groups attached to an aromatic ring is 1. The largest absolute Gasteiger partial charge is 0.463 e. The maximum Gasteiger partial charge on any atom is 0.332 e. The minimum atomic E-state index is -0.389. The minimum absolute atomic E-state index is 0.337. The number of esters is 1. The molecule has 4 heteroatoms. The van der Waals surface area contributed by atoms with Crippen LogP contribution in [0.1, 0.15) is 18.1 Å². The zero-order valence-electron chi connectivity index (χ0n) is 12.8. The van der Waals surface area contributed by atoms with Crippen molar-refractivity contribution in [2.45, 2.75) is 13.8 Å². The molecule has 2 rings (SSSR count). The summed E-state index contributed by atoms with van der Waals surface area (Å²) in [4.78, 5) is 11.8. The number of carbonyl (C=O) groups excluding carboxylic acids is 1. The van der Waals surface area contributed by atoms with Crippen LogP contribution >= 0.6 is 0 Å². The zero-order chi connectivity index (χ0) is 15.9. The Balaban J connectivity index is 2.34. The van der Waals surface area contributed by atoms with Gasteiger partial charge in [-0.1, -0.05) is 36.4 Å². The van der Waals surface area contributed by atoms with Gasteiger partial charge in [-0.25, -0.2) is 4.79 Å². The first kappa shape index (κ1) is 15.6. The Morgan fingerprint density at radius 2 is 1.95 bits per heavy atom. The molecule has 0 saturated heterocycles. The van der Waals surface area contributed by atoms with Crippen molar-refractivity contribution >= 4 is 23.0 Å². The molecule has 0 aliphatic rings. The van der Waals surface area contributed by atoms with E-state index >= 15 is 0 Å². The lowest BCUT2D eigenvalue weighted by molar-refractivity contribution is -0.137. The molecule has 2 aromatic carbocycles. The Kier molecular flexibility index (Phi) is 5.20. The van der Waals surface area contributed by atoms with Gasteiger partial charge in [0.1, 0.15) is 0 Å². The number of nitrogens with one attached hydrogen (secondary N) is 1. The Morgan fingerprint density at radius 1 is 1.23 bits per heavy atom. The molecule has 0 aliphatic carbocycles. The van der Waals surface area contributed by atoms with Gasteiger partial charge in [0, 0.05) is 6.08 Å². The number of benzene rings is 2. The van der Waals surface area contributed by atoms with Gasteiger partial charge in [0.15, 0.2) is 0 Å². The third-order valence-corrected chi connectivity index (χ3v) is 3.11. The predicted molar refractivity (Wildman–Crippen MR) is 90.3 cm³/mol. The van der Waals surface area contributed by atoms with Crippen LogP contribution in [0.3, 0.4) is 0 Å². The van der Waals surface area contributed by atoms with Crippen molar-refractivity contribution < 1.29 is 9.53 Å². The summed E-state index contributed by atoms with van der Waals surface area (Å²) < 4.78 is 4.99. The van der Waals surface area contributed by atoms with Crippen molar-refractivity contribution in [2.24, 2.45) is 0 Å². The summed E-state index contributed by atoms with van der Waals surface area (Å²) in [6.45, 7) is 4.09. The van der Waals surface area contributed by atoms with E-state index in [1.807, 2.05) is 55.5 Å². The van der Waals surface area contributed by atoms with Gasteiger partial charge in [-0.15, -0.1) is 0 Å².